The fraction of sp³-hybridized carbons (Fsp3) is 0.655. The number of hydrogen-bond donors (Lipinski definition) is 4. The Morgan fingerprint density at radius 3 is 0.734 bits per heavy atom. The largest absolute Gasteiger partial charge is 0.508 e. The number of esters is 4. The van der Waals surface area contributed by atoms with E-state index in [1.807, 2.05) is 113 Å². The maximum Gasteiger partial charge on any atom is 0.343 e. The second kappa shape index (κ2) is 64.3. The zero-order chi connectivity index (χ0) is 99.2. The highest BCUT2D eigenvalue weighted by atomic mass is 16.5. The van der Waals surface area contributed by atoms with Crippen molar-refractivity contribution in [1.29, 1.82) is 0 Å². The summed E-state index contributed by atoms with van der Waals surface area (Å²) < 4.78 is 22.1. The van der Waals surface area contributed by atoms with Crippen LogP contribution in [0.15, 0.2) is 115 Å². The predicted octanol–water partition coefficient (Wildman–Crippen LogP) is 35.1. The van der Waals surface area contributed by atoms with Crippen molar-refractivity contribution in [2.45, 2.75) is 455 Å². The lowest BCUT2D eigenvalue weighted by Gasteiger charge is -2.30. The Bertz CT molecular complexity index is 3910. The molecule has 6 aromatic rings. The van der Waals surface area contributed by atoms with E-state index >= 15 is 0 Å². The predicted molar refractivity (Wildman–Crippen MR) is 551 cm³/mol. The molecule has 0 heterocycles. The average molecular weight is 1780 g/mol. The number of aromatic hydroxyl groups is 4. The fourth-order valence-corrected chi connectivity index (χ4v) is 12.4. The van der Waals surface area contributed by atoms with E-state index in [0.29, 0.717) is 47.0 Å². The summed E-state index contributed by atoms with van der Waals surface area (Å²) in [5.74, 6) is 4.69. The van der Waals surface area contributed by atoms with Crippen molar-refractivity contribution in [2.75, 3.05) is 13.2 Å². The summed E-state index contributed by atoms with van der Waals surface area (Å²) >= 11 is 0. The highest BCUT2D eigenvalue weighted by Gasteiger charge is 2.30. The van der Waals surface area contributed by atoms with Crippen LogP contribution in [-0.4, -0.2) is 57.5 Å². The fourth-order valence-electron chi connectivity index (χ4n) is 12.4. The zero-order valence-corrected chi connectivity index (χ0v) is 89.3. The second-order valence-corrected chi connectivity index (χ2v) is 44.7. The lowest BCUT2D eigenvalue weighted by molar-refractivity contribution is 0.0488. The molecule has 730 valence electrons. The van der Waals surface area contributed by atoms with Crippen LogP contribution in [0, 0.1) is 29.6 Å². The smallest absolute Gasteiger partial charge is 0.343 e. The number of carbonyl (C=O) groups is 4. The number of benzene rings is 6. The van der Waals surface area contributed by atoms with Gasteiger partial charge in [0.25, 0.3) is 0 Å². The topological polar surface area (TPSA) is 186 Å². The summed E-state index contributed by atoms with van der Waals surface area (Å²) in [6.45, 7) is 81.6. The lowest BCUT2D eigenvalue weighted by atomic mass is 9.76. The van der Waals surface area contributed by atoms with E-state index in [0.717, 1.165) is 95.9 Å². The van der Waals surface area contributed by atoms with Crippen LogP contribution in [0.1, 0.15) is 498 Å². The van der Waals surface area contributed by atoms with E-state index in [1.165, 1.54) is 127 Å². The Kier molecular flexibility index (Phi) is 62.5. The van der Waals surface area contributed by atoms with Crippen LogP contribution in [0.4, 0.5) is 0 Å². The SMILES string of the molecule is CC(C)(C)c1ccc(OC(=O)c2ccc(O)c(C(C)(C)C)c2)cc1.CC(C)C.CC(C)C.CC(C)C.CC(C)C.CC(C)C.CCC(C)(C)c1ccc(OC(=O)c2ccc(O)c(C(C)(C)C)c2)c(C(C)(C)CC)c1.CCCCCCCCCCCCCCCCOC(=O)c1ccc(O)c(C(C)(C)C)c1.CCCCCCCCCCOC(=O)c1ccc(O)c(C(C)(C)C)c1. The first-order chi connectivity index (χ1) is 59.1. The van der Waals surface area contributed by atoms with Crippen molar-refractivity contribution in [2.24, 2.45) is 29.6 Å². The van der Waals surface area contributed by atoms with E-state index in [4.69, 9.17) is 18.9 Å². The molecule has 0 aromatic heterocycles. The summed E-state index contributed by atoms with van der Waals surface area (Å²) in [7, 11) is 0. The van der Waals surface area contributed by atoms with Crippen molar-refractivity contribution >= 4 is 23.9 Å². The van der Waals surface area contributed by atoms with E-state index in [-0.39, 0.29) is 72.8 Å². The third-order valence-corrected chi connectivity index (χ3v) is 20.5. The lowest BCUT2D eigenvalue weighted by Crippen LogP contribution is -2.22. The first kappa shape index (κ1) is 125. The normalized spacial score (nSPS) is 11.5. The van der Waals surface area contributed by atoms with Gasteiger partial charge in [-0.1, -0.05) is 416 Å². The Morgan fingerprint density at radius 1 is 0.258 bits per heavy atom. The number of phenols is 4. The van der Waals surface area contributed by atoms with Gasteiger partial charge in [-0.05, 0) is 195 Å². The summed E-state index contributed by atoms with van der Waals surface area (Å²) in [6.07, 6.45) is 30.2. The number of ether oxygens (including phenoxy) is 4. The molecule has 0 fully saturated rings. The monoisotopic (exact) mass is 1780 g/mol. The van der Waals surface area contributed by atoms with Gasteiger partial charge >= 0.3 is 23.9 Å². The molecular formula is C116H194O12. The maximum absolute atomic E-state index is 13.0. The number of unbranched alkanes of at least 4 members (excludes halogenated alkanes) is 20. The van der Waals surface area contributed by atoms with Crippen molar-refractivity contribution in [3.8, 4) is 34.5 Å². The Balaban J connectivity index is -0.00000152. The molecule has 0 spiro atoms. The van der Waals surface area contributed by atoms with Crippen molar-refractivity contribution in [1.82, 2.24) is 0 Å². The zero-order valence-electron chi connectivity index (χ0n) is 89.3. The molecule has 4 N–H and O–H groups in total. The molecule has 128 heavy (non-hydrogen) atoms. The van der Waals surface area contributed by atoms with Crippen LogP contribution in [0.5, 0.6) is 34.5 Å². The second-order valence-electron chi connectivity index (χ2n) is 44.7. The minimum atomic E-state index is -0.427. The van der Waals surface area contributed by atoms with E-state index in [9.17, 15) is 39.6 Å². The first-order valence-electron chi connectivity index (χ1n) is 49.5. The van der Waals surface area contributed by atoms with Gasteiger partial charge in [0.2, 0.25) is 0 Å². The summed E-state index contributed by atoms with van der Waals surface area (Å²) in [4.78, 5) is 49.8. The molecule has 6 aromatic carbocycles. The number of phenolic OH excluding ortho intramolecular Hbond substituents is 4. The Hall–Kier alpha value is -7.60. The molecule has 6 rings (SSSR count). The minimum absolute atomic E-state index is 0.0552. The van der Waals surface area contributed by atoms with Gasteiger partial charge < -0.3 is 39.4 Å². The summed E-state index contributed by atoms with van der Waals surface area (Å²) in [6, 6.07) is 33.4. The molecule has 0 aliphatic rings. The van der Waals surface area contributed by atoms with Gasteiger partial charge in [0, 0.05) is 27.8 Å². The third kappa shape index (κ3) is 58.2. The highest BCUT2D eigenvalue weighted by Crippen LogP contribution is 2.41. The summed E-state index contributed by atoms with van der Waals surface area (Å²) in [5.41, 5.74) is 7.40. The van der Waals surface area contributed by atoms with Crippen molar-refractivity contribution in [3.63, 3.8) is 0 Å². The average Bonchev–Trinajstić information content (AvgIpc) is 0.894. The van der Waals surface area contributed by atoms with Gasteiger partial charge in [0.1, 0.15) is 34.5 Å². The molecule has 0 aliphatic carbocycles. The van der Waals surface area contributed by atoms with E-state index in [2.05, 4.69) is 192 Å². The molecule has 0 amide bonds. The van der Waals surface area contributed by atoms with Gasteiger partial charge in [-0.25, -0.2) is 19.2 Å². The van der Waals surface area contributed by atoms with E-state index < -0.39 is 11.9 Å². The van der Waals surface area contributed by atoms with Crippen LogP contribution in [-0.2, 0) is 47.4 Å². The molecule has 0 unspecified atom stereocenters. The van der Waals surface area contributed by atoms with Gasteiger partial charge in [-0.15, -0.1) is 0 Å². The molecule has 0 saturated carbocycles. The quantitative estimate of drug-likeness (QED) is 0.0170. The van der Waals surface area contributed by atoms with Gasteiger partial charge in [-0.2, -0.15) is 0 Å². The van der Waals surface area contributed by atoms with E-state index in [1.54, 1.807) is 72.8 Å². The number of hydrogen-bond acceptors (Lipinski definition) is 12. The molecular weight excluding hydrogens is 1590 g/mol. The standard InChI is InChI=1S/C27H38O3.C27H46O3.C21H26O3.C21H34O3.5C4H10/c1-10-26(6,7)19-13-15-23(21(17-19)27(8,9)11-2)30-24(29)18-12-14-22(28)20(16-18)25(3,4)5;1-5-6-7-8-9-10-11-12-13-14-15-16-17-18-21-30-26(29)23-19-20-25(28)24(22-23)27(2,3)4;1-20(2,3)15-8-10-16(11-9-15)24-19(23)14-7-12-18(22)17(13-14)21(4,5)6;1-5-6-7-8-9-10-11-12-15-24-20(23)17-13-14-19(22)18(16-17)21(2,3)4;5*1-4(2)3/h12-17,28H,10-11H2,1-9H3;19-20,22,28H,5-18,21H2,1-4H3;7-13,22H,1-6H3;13-14,16,22H,5-12,15H2,1-4H3;5*4H,1-3H3. The molecule has 12 nitrogen and oxygen atoms in total. The molecule has 0 atom stereocenters. The van der Waals surface area contributed by atoms with Crippen LogP contribution >= 0.6 is 0 Å². The first-order valence-corrected chi connectivity index (χ1v) is 49.5. The number of carbonyl (C=O) groups excluding carboxylic acids is 4. The summed E-state index contributed by atoms with van der Waals surface area (Å²) in [5, 5.41) is 40.2. The minimum Gasteiger partial charge on any atom is -0.508 e. The Labute approximate surface area is 786 Å². The highest BCUT2D eigenvalue weighted by molar-refractivity contribution is 5.93. The third-order valence-electron chi connectivity index (χ3n) is 20.5. The Morgan fingerprint density at radius 2 is 0.492 bits per heavy atom. The number of rotatable bonds is 34. The van der Waals surface area contributed by atoms with Crippen LogP contribution in [0.2, 0.25) is 0 Å². The van der Waals surface area contributed by atoms with Crippen molar-refractivity contribution < 1.29 is 58.6 Å². The molecule has 0 bridgehead atoms. The van der Waals surface area contributed by atoms with Gasteiger partial charge in [-0.3, -0.25) is 0 Å². The molecule has 0 radical (unpaired) electrons. The van der Waals surface area contributed by atoms with Gasteiger partial charge in [0.15, 0.2) is 0 Å². The molecule has 0 aliphatic heterocycles. The maximum atomic E-state index is 13.0. The molecule has 0 saturated heterocycles. The van der Waals surface area contributed by atoms with Gasteiger partial charge in [0.05, 0.1) is 35.5 Å². The van der Waals surface area contributed by atoms with Crippen LogP contribution in [0.25, 0.3) is 0 Å². The molecule has 12 heteroatoms. The van der Waals surface area contributed by atoms with Crippen LogP contribution in [0.3, 0.4) is 0 Å². The van der Waals surface area contributed by atoms with Crippen LogP contribution < -0.4 is 9.47 Å². The van der Waals surface area contributed by atoms with Crippen molar-refractivity contribution in [3.05, 3.63) is 176 Å².